The van der Waals surface area contributed by atoms with E-state index in [2.05, 4.69) is 0 Å². The fraction of sp³-hybridized carbons (Fsp3) is 0.417. The van der Waals surface area contributed by atoms with Crippen LogP contribution >= 0.6 is 11.6 Å². The first kappa shape index (κ1) is 24.3. The molecule has 1 amide bonds. The van der Waals surface area contributed by atoms with Gasteiger partial charge < -0.3 is 5.73 Å². The predicted octanol–water partition coefficient (Wildman–Crippen LogP) is 4.87. The Morgan fingerprint density at radius 1 is 1.03 bits per heavy atom. The predicted molar refractivity (Wildman–Crippen MR) is 126 cm³/mol. The van der Waals surface area contributed by atoms with Crippen LogP contribution in [-0.2, 0) is 14.8 Å². The van der Waals surface area contributed by atoms with Gasteiger partial charge in [-0.15, -0.1) is 0 Å². The lowest BCUT2D eigenvalue weighted by Gasteiger charge is -2.38. The minimum atomic E-state index is -4.24. The Kier molecular flexibility index (Phi) is 7.00. The minimum Gasteiger partial charge on any atom is -0.368 e. The highest BCUT2D eigenvalue weighted by Crippen LogP contribution is 2.38. The Balaban J connectivity index is 2.23. The number of primary amides is 1. The number of carbonyl (C=O) groups is 2. The van der Waals surface area contributed by atoms with Crippen molar-refractivity contribution in [1.82, 2.24) is 0 Å². The van der Waals surface area contributed by atoms with Crippen molar-refractivity contribution in [2.45, 2.75) is 63.3 Å². The number of aryl methyl sites for hydroxylation is 1. The molecule has 1 aliphatic carbocycles. The summed E-state index contributed by atoms with van der Waals surface area (Å²) in [6.07, 6.45) is 4.47. The average molecular weight is 477 g/mol. The number of sulfonamides is 1. The smallest absolute Gasteiger partial charge is 0.265 e. The van der Waals surface area contributed by atoms with Crippen LogP contribution in [0.1, 0.15) is 61.9 Å². The second kappa shape index (κ2) is 9.24. The third kappa shape index (κ3) is 4.69. The standard InChI is InChI=1S/C24H29ClN2O4S/c1-16-9-12-19(13-10-16)32(30,31)27(24(2,3)23(26)29)21-14-11-18(25)15-20(21)22(28)17-7-5-4-6-8-17/h9-15,17H,4-8H2,1-3H3,(H2,26,29). The van der Waals surface area contributed by atoms with Crippen molar-refractivity contribution in [2.75, 3.05) is 4.31 Å². The molecule has 172 valence electrons. The second-order valence-corrected chi connectivity index (χ2v) is 11.1. The SMILES string of the molecule is Cc1ccc(S(=O)(=O)N(c2ccc(Cl)cc2C(=O)C2CCCCC2)C(C)(C)C(N)=O)cc1. The zero-order chi connectivity index (χ0) is 23.7. The highest BCUT2D eigenvalue weighted by atomic mass is 35.5. The summed E-state index contributed by atoms with van der Waals surface area (Å²) in [6, 6.07) is 10.8. The van der Waals surface area contributed by atoms with Gasteiger partial charge in [-0.1, -0.05) is 48.6 Å². The van der Waals surface area contributed by atoms with E-state index in [9.17, 15) is 18.0 Å². The van der Waals surface area contributed by atoms with Crippen LogP contribution < -0.4 is 10.0 Å². The lowest BCUT2D eigenvalue weighted by Crippen LogP contribution is -2.56. The number of benzene rings is 2. The van der Waals surface area contributed by atoms with E-state index < -0.39 is 21.5 Å². The van der Waals surface area contributed by atoms with Crippen LogP contribution in [0.25, 0.3) is 0 Å². The molecule has 6 nitrogen and oxygen atoms in total. The fourth-order valence-corrected chi connectivity index (χ4v) is 6.09. The molecule has 0 unspecified atom stereocenters. The maximum atomic E-state index is 13.8. The Morgan fingerprint density at radius 2 is 1.62 bits per heavy atom. The van der Waals surface area contributed by atoms with Crippen LogP contribution in [0.15, 0.2) is 47.4 Å². The summed E-state index contributed by atoms with van der Waals surface area (Å²) in [7, 11) is -4.24. The van der Waals surface area contributed by atoms with E-state index >= 15 is 0 Å². The highest BCUT2D eigenvalue weighted by Gasteiger charge is 2.43. The van der Waals surface area contributed by atoms with Gasteiger partial charge in [0.1, 0.15) is 5.54 Å². The Morgan fingerprint density at radius 3 is 2.19 bits per heavy atom. The first-order valence-electron chi connectivity index (χ1n) is 10.7. The maximum Gasteiger partial charge on any atom is 0.265 e. The zero-order valence-corrected chi connectivity index (χ0v) is 20.2. The van der Waals surface area contributed by atoms with Crippen molar-refractivity contribution in [3.05, 3.63) is 58.6 Å². The van der Waals surface area contributed by atoms with Gasteiger partial charge in [0, 0.05) is 16.5 Å². The number of Topliss-reactive ketones (excluding diaryl/α,β-unsaturated/α-hetero) is 1. The summed E-state index contributed by atoms with van der Waals surface area (Å²) in [5, 5.41) is 0.317. The summed E-state index contributed by atoms with van der Waals surface area (Å²) in [6.45, 7) is 4.72. The van der Waals surface area contributed by atoms with Gasteiger partial charge in [-0.2, -0.15) is 0 Å². The number of carbonyl (C=O) groups excluding carboxylic acids is 2. The zero-order valence-electron chi connectivity index (χ0n) is 18.6. The maximum absolute atomic E-state index is 13.8. The van der Waals surface area contributed by atoms with Crippen LogP contribution in [0, 0.1) is 12.8 Å². The third-order valence-corrected chi connectivity index (χ3v) is 8.33. The van der Waals surface area contributed by atoms with Gasteiger partial charge in [0.15, 0.2) is 5.78 Å². The number of nitrogens with zero attached hydrogens (tertiary/aromatic N) is 1. The molecule has 0 aliphatic heterocycles. The van der Waals surface area contributed by atoms with E-state index in [0.29, 0.717) is 5.02 Å². The molecule has 0 aromatic heterocycles. The molecule has 0 spiro atoms. The van der Waals surface area contributed by atoms with Gasteiger partial charge >= 0.3 is 0 Å². The molecule has 0 radical (unpaired) electrons. The number of nitrogens with two attached hydrogens (primary N) is 1. The Bertz CT molecular complexity index is 1120. The lowest BCUT2D eigenvalue weighted by molar-refractivity contribution is -0.121. The van der Waals surface area contributed by atoms with Crippen LogP contribution in [0.5, 0.6) is 0 Å². The number of ketones is 1. The van der Waals surface area contributed by atoms with Gasteiger partial charge in [0.05, 0.1) is 10.6 Å². The molecule has 3 rings (SSSR count). The van der Waals surface area contributed by atoms with Crippen LogP contribution in [0.3, 0.4) is 0 Å². The van der Waals surface area contributed by atoms with E-state index in [1.165, 1.54) is 44.2 Å². The van der Waals surface area contributed by atoms with E-state index in [4.69, 9.17) is 17.3 Å². The normalized spacial score (nSPS) is 15.4. The number of anilines is 1. The largest absolute Gasteiger partial charge is 0.368 e. The monoisotopic (exact) mass is 476 g/mol. The molecular weight excluding hydrogens is 448 g/mol. The fourth-order valence-electron chi connectivity index (χ4n) is 4.11. The van der Waals surface area contributed by atoms with E-state index in [1.54, 1.807) is 12.1 Å². The number of hydrogen-bond acceptors (Lipinski definition) is 4. The average Bonchev–Trinajstić information content (AvgIpc) is 2.75. The first-order chi connectivity index (χ1) is 15.0. The topological polar surface area (TPSA) is 97.5 Å². The Hall–Kier alpha value is -2.38. The van der Waals surface area contributed by atoms with Crippen molar-refractivity contribution < 1.29 is 18.0 Å². The summed E-state index contributed by atoms with van der Waals surface area (Å²) in [4.78, 5) is 25.9. The minimum absolute atomic E-state index is 0.00319. The molecule has 1 saturated carbocycles. The number of hydrogen-bond donors (Lipinski definition) is 1. The molecule has 2 N–H and O–H groups in total. The van der Waals surface area contributed by atoms with Crippen molar-refractivity contribution in [2.24, 2.45) is 11.7 Å². The van der Waals surface area contributed by atoms with E-state index in [-0.39, 0.29) is 27.8 Å². The van der Waals surface area contributed by atoms with Crippen molar-refractivity contribution >= 4 is 39.0 Å². The molecule has 1 fully saturated rings. The first-order valence-corrected chi connectivity index (χ1v) is 12.5. The van der Waals surface area contributed by atoms with Gasteiger partial charge in [-0.3, -0.25) is 13.9 Å². The molecule has 0 saturated heterocycles. The number of rotatable bonds is 7. The van der Waals surface area contributed by atoms with Gasteiger partial charge in [-0.05, 0) is 63.9 Å². The quantitative estimate of drug-likeness (QED) is 0.576. The van der Waals surface area contributed by atoms with Crippen LogP contribution in [0.4, 0.5) is 5.69 Å². The lowest BCUT2D eigenvalue weighted by atomic mass is 9.83. The van der Waals surface area contributed by atoms with Gasteiger partial charge in [0.2, 0.25) is 5.91 Å². The highest BCUT2D eigenvalue weighted by molar-refractivity contribution is 7.93. The summed E-state index contributed by atoms with van der Waals surface area (Å²) in [5.41, 5.74) is 5.20. The molecule has 0 bridgehead atoms. The third-order valence-electron chi connectivity index (χ3n) is 6.09. The number of halogens is 1. The number of amides is 1. The van der Waals surface area contributed by atoms with Gasteiger partial charge in [0.25, 0.3) is 10.0 Å². The molecule has 0 atom stereocenters. The summed E-state index contributed by atoms with van der Waals surface area (Å²) < 4.78 is 28.6. The molecule has 32 heavy (non-hydrogen) atoms. The van der Waals surface area contributed by atoms with Crippen molar-refractivity contribution in [1.29, 1.82) is 0 Å². The molecule has 0 heterocycles. The molecule has 2 aromatic rings. The van der Waals surface area contributed by atoms with E-state index in [0.717, 1.165) is 42.0 Å². The Labute approximate surface area is 194 Å². The molecule has 2 aromatic carbocycles. The van der Waals surface area contributed by atoms with Crippen LogP contribution in [0.2, 0.25) is 5.02 Å². The summed E-state index contributed by atoms with van der Waals surface area (Å²) in [5.74, 6) is -1.20. The molecule has 8 heteroatoms. The van der Waals surface area contributed by atoms with E-state index in [1.807, 2.05) is 6.92 Å². The van der Waals surface area contributed by atoms with Crippen molar-refractivity contribution in [3.63, 3.8) is 0 Å². The second-order valence-electron chi connectivity index (χ2n) is 8.87. The molecule has 1 aliphatic rings. The summed E-state index contributed by atoms with van der Waals surface area (Å²) >= 11 is 6.22. The van der Waals surface area contributed by atoms with Gasteiger partial charge in [-0.25, -0.2) is 8.42 Å². The van der Waals surface area contributed by atoms with Crippen molar-refractivity contribution in [3.8, 4) is 0 Å². The van der Waals surface area contributed by atoms with Crippen LogP contribution in [-0.4, -0.2) is 25.6 Å². The molecular formula is C24H29ClN2O4S.